The predicted molar refractivity (Wildman–Crippen MR) is 103 cm³/mol. The summed E-state index contributed by atoms with van der Waals surface area (Å²) in [4.78, 5) is 4.60. The molecule has 1 aliphatic rings. The summed E-state index contributed by atoms with van der Waals surface area (Å²) < 4.78 is 0. The van der Waals surface area contributed by atoms with E-state index in [0.717, 1.165) is 19.5 Å². The van der Waals surface area contributed by atoms with Crippen LogP contribution in [0.5, 0.6) is 0 Å². The van der Waals surface area contributed by atoms with E-state index >= 15 is 0 Å². The fraction of sp³-hybridized carbons (Fsp3) is 0.273. The molecule has 2 aromatic rings. The molecule has 0 atom stereocenters. The summed E-state index contributed by atoms with van der Waals surface area (Å²) in [6.45, 7) is 1.87. The first-order chi connectivity index (χ1) is 11.7. The van der Waals surface area contributed by atoms with Gasteiger partial charge in [-0.2, -0.15) is 0 Å². The molecule has 3 rings (SSSR count). The maximum absolute atomic E-state index is 2.32. The van der Waals surface area contributed by atoms with Crippen molar-refractivity contribution in [2.45, 2.75) is 25.9 Å². The fourth-order valence-corrected chi connectivity index (χ4v) is 3.05. The Hall–Kier alpha value is -2.48. The van der Waals surface area contributed by atoms with Gasteiger partial charge in [0.15, 0.2) is 0 Å². The van der Waals surface area contributed by atoms with Gasteiger partial charge in [-0.3, -0.25) is 0 Å². The number of hydrogen-bond acceptors (Lipinski definition) is 2. The molecule has 2 heteroatoms. The standard InChI is InChI=1S/C22H26N2/c1-23(21-9-5-3-6-10-21)17-19-13-15-20(16-14-19)18-24(2)22-11-7-4-8-12-22/h3,5-7,9-16H,4,8,17-18H2,1-2H3. The van der Waals surface area contributed by atoms with E-state index in [1.807, 2.05) is 0 Å². The molecule has 0 fully saturated rings. The van der Waals surface area contributed by atoms with Gasteiger partial charge in [0.25, 0.3) is 0 Å². The lowest BCUT2D eigenvalue weighted by Gasteiger charge is -2.23. The minimum absolute atomic E-state index is 0.925. The quantitative estimate of drug-likeness (QED) is 0.740. The zero-order valence-corrected chi connectivity index (χ0v) is 14.7. The van der Waals surface area contributed by atoms with E-state index in [1.54, 1.807) is 0 Å². The predicted octanol–water partition coefficient (Wildman–Crippen LogP) is 4.99. The molecule has 0 radical (unpaired) electrons. The molecule has 124 valence electrons. The third-order valence-electron chi connectivity index (χ3n) is 4.48. The summed E-state index contributed by atoms with van der Waals surface area (Å²) in [5, 5.41) is 0. The van der Waals surface area contributed by atoms with Crippen molar-refractivity contribution >= 4 is 5.69 Å². The minimum atomic E-state index is 0.925. The lowest BCUT2D eigenvalue weighted by molar-refractivity contribution is 0.421. The number of benzene rings is 2. The van der Waals surface area contributed by atoms with E-state index < -0.39 is 0 Å². The smallest absolute Gasteiger partial charge is 0.0426 e. The van der Waals surface area contributed by atoms with Crippen LogP contribution >= 0.6 is 0 Å². The average Bonchev–Trinajstić information content (AvgIpc) is 2.65. The van der Waals surface area contributed by atoms with Gasteiger partial charge in [0.05, 0.1) is 0 Å². The van der Waals surface area contributed by atoms with Crippen molar-refractivity contribution in [1.29, 1.82) is 0 Å². The summed E-state index contributed by atoms with van der Waals surface area (Å²) in [5.41, 5.74) is 5.26. The van der Waals surface area contributed by atoms with Crippen LogP contribution in [0.15, 0.2) is 78.5 Å². The van der Waals surface area contributed by atoms with Crippen LogP contribution in [0.4, 0.5) is 5.69 Å². The maximum atomic E-state index is 2.32. The van der Waals surface area contributed by atoms with Gasteiger partial charge < -0.3 is 9.80 Å². The van der Waals surface area contributed by atoms with Gasteiger partial charge in [-0.15, -0.1) is 0 Å². The topological polar surface area (TPSA) is 6.48 Å². The molecular formula is C22H26N2. The Balaban J connectivity index is 1.59. The van der Waals surface area contributed by atoms with Crippen LogP contribution in [0.3, 0.4) is 0 Å². The second-order valence-electron chi connectivity index (χ2n) is 6.47. The van der Waals surface area contributed by atoms with E-state index in [-0.39, 0.29) is 0 Å². The summed E-state index contributed by atoms with van der Waals surface area (Å²) in [7, 11) is 4.30. The van der Waals surface area contributed by atoms with E-state index in [1.165, 1.54) is 28.9 Å². The van der Waals surface area contributed by atoms with E-state index in [0.29, 0.717) is 0 Å². The number of nitrogens with zero attached hydrogens (tertiary/aromatic N) is 2. The number of allylic oxidation sites excluding steroid dienone is 3. The van der Waals surface area contributed by atoms with Gasteiger partial charge in [-0.05, 0) is 42.2 Å². The van der Waals surface area contributed by atoms with Gasteiger partial charge >= 0.3 is 0 Å². The third-order valence-corrected chi connectivity index (χ3v) is 4.48. The Kier molecular flexibility index (Phi) is 5.37. The molecule has 0 aliphatic heterocycles. The first kappa shape index (κ1) is 16.4. The monoisotopic (exact) mass is 318 g/mol. The van der Waals surface area contributed by atoms with E-state index in [9.17, 15) is 0 Å². The van der Waals surface area contributed by atoms with Crippen molar-refractivity contribution < 1.29 is 0 Å². The first-order valence-electron chi connectivity index (χ1n) is 8.64. The van der Waals surface area contributed by atoms with E-state index in [2.05, 4.69) is 96.7 Å². The van der Waals surface area contributed by atoms with Crippen LogP contribution in [-0.4, -0.2) is 19.0 Å². The molecule has 0 amide bonds. The van der Waals surface area contributed by atoms with Gasteiger partial charge in [0, 0.05) is 38.6 Å². The molecule has 0 heterocycles. The Morgan fingerprint density at radius 2 is 1.38 bits per heavy atom. The Morgan fingerprint density at radius 3 is 1.96 bits per heavy atom. The highest BCUT2D eigenvalue weighted by Gasteiger charge is 2.06. The molecule has 0 spiro atoms. The lowest BCUT2D eigenvalue weighted by atomic mass is 10.1. The van der Waals surface area contributed by atoms with Crippen molar-refractivity contribution in [3.8, 4) is 0 Å². The number of hydrogen-bond donors (Lipinski definition) is 0. The number of rotatable bonds is 6. The van der Waals surface area contributed by atoms with Crippen LogP contribution < -0.4 is 4.90 Å². The average molecular weight is 318 g/mol. The molecular weight excluding hydrogens is 292 g/mol. The molecule has 0 saturated heterocycles. The maximum Gasteiger partial charge on any atom is 0.0426 e. The normalized spacial score (nSPS) is 13.5. The van der Waals surface area contributed by atoms with Crippen molar-refractivity contribution in [2.75, 3.05) is 19.0 Å². The van der Waals surface area contributed by atoms with Gasteiger partial charge in [0.1, 0.15) is 0 Å². The highest BCUT2D eigenvalue weighted by atomic mass is 15.1. The van der Waals surface area contributed by atoms with Gasteiger partial charge in [-0.25, -0.2) is 0 Å². The molecule has 1 aliphatic carbocycles. The molecule has 0 aromatic heterocycles. The second kappa shape index (κ2) is 7.87. The van der Waals surface area contributed by atoms with Crippen molar-refractivity contribution in [2.24, 2.45) is 0 Å². The number of anilines is 1. The summed E-state index contributed by atoms with van der Waals surface area (Å²) in [6, 6.07) is 19.5. The summed E-state index contributed by atoms with van der Waals surface area (Å²) in [6.07, 6.45) is 9.13. The lowest BCUT2D eigenvalue weighted by Crippen LogP contribution is -2.17. The first-order valence-corrected chi connectivity index (χ1v) is 8.64. The number of para-hydroxylation sites is 1. The Labute approximate surface area is 145 Å². The SMILES string of the molecule is CN(Cc1ccc(CN(C)c2ccccc2)cc1)C1=CCCC=C1. The summed E-state index contributed by atoms with van der Waals surface area (Å²) in [5.74, 6) is 0. The highest BCUT2D eigenvalue weighted by molar-refractivity contribution is 5.45. The largest absolute Gasteiger partial charge is 0.371 e. The molecule has 0 bridgehead atoms. The van der Waals surface area contributed by atoms with Crippen molar-refractivity contribution in [1.82, 2.24) is 4.90 Å². The molecule has 0 unspecified atom stereocenters. The molecule has 2 nitrogen and oxygen atoms in total. The molecule has 2 aromatic carbocycles. The van der Waals surface area contributed by atoms with Gasteiger partial charge in [-0.1, -0.05) is 54.6 Å². The number of likely N-dealkylation sites (N-methyl/N-ethyl adjacent to an activating group) is 1. The Morgan fingerprint density at radius 1 is 0.750 bits per heavy atom. The van der Waals surface area contributed by atoms with E-state index in [4.69, 9.17) is 0 Å². The highest BCUT2D eigenvalue weighted by Crippen LogP contribution is 2.18. The van der Waals surface area contributed by atoms with Gasteiger partial charge in [0.2, 0.25) is 0 Å². The third kappa shape index (κ3) is 4.29. The zero-order valence-electron chi connectivity index (χ0n) is 14.7. The molecule has 0 saturated carbocycles. The van der Waals surface area contributed by atoms with Crippen LogP contribution in [0.2, 0.25) is 0 Å². The Bertz CT molecular complexity index is 699. The van der Waals surface area contributed by atoms with Crippen LogP contribution in [0, 0.1) is 0 Å². The van der Waals surface area contributed by atoms with Crippen LogP contribution in [0.1, 0.15) is 24.0 Å². The zero-order chi connectivity index (χ0) is 16.8. The minimum Gasteiger partial charge on any atom is -0.371 e. The van der Waals surface area contributed by atoms with Crippen molar-refractivity contribution in [3.63, 3.8) is 0 Å². The van der Waals surface area contributed by atoms with Crippen LogP contribution in [0.25, 0.3) is 0 Å². The van der Waals surface area contributed by atoms with Crippen LogP contribution in [-0.2, 0) is 13.1 Å². The molecule has 24 heavy (non-hydrogen) atoms. The molecule has 0 N–H and O–H groups in total. The summed E-state index contributed by atoms with van der Waals surface area (Å²) >= 11 is 0. The fourth-order valence-electron chi connectivity index (χ4n) is 3.05. The van der Waals surface area contributed by atoms with Crippen molar-refractivity contribution in [3.05, 3.63) is 89.6 Å². The second-order valence-corrected chi connectivity index (χ2v) is 6.47.